The summed E-state index contributed by atoms with van der Waals surface area (Å²) in [5.74, 6) is 0. The third-order valence-corrected chi connectivity index (χ3v) is 3.96. The summed E-state index contributed by atoms with van der Waals surface area (Å²) in [7, 11) is -2.61. The van der Waals surface area contributed by atoms with E-state index >= 15 is 0 Å². The summed E-state index contributed by atoms with van der Waals surface area (Å²) in [6.45, 7) is 3.41. The second kappa shape index (κ2) is 4.62. The molecule has 0 saturated carbocycles. The number of aryl methyl sites for hydroxylation is 1. The van der Waals surface area contributed by atoms with Crippen LogP contribution in [-0.4, -0.2) is 21.5 Å². The summed E-state index contributed by atoms with van der Waals surface area (Å²) in [4.78, 5) is 11.0. The van der Waals surface area contributed by atoms with Crippen LogP contribution in [0.3, 0.4) is 0 Å². The molecule has 0 fully saturated rings. The number of urea groups is 1. The van der Waals surface area contributed by atoms with Crippen LogP contribution in [0.2, 0.25) is 0 Å². The Morgan fingerprint density at radius 1 is 1.29 bits per heavy atom. The van der Waals surface area contributed by atoms with Crippen molar-refractivity contribution in [3.8, 4) is 0 Å². The van der Waals surface area contributed by atoms with Crippen LogP contribution in [0.5, 0.6) is 0 Å². The zero-order valence-electron chi connectivity index (χ0n) is 9.87. The molecule has 1 rings (SSSR count). The maximum atomic E-state index is 11.9. The van der Waals surface area contributed by atoms with E-state index in [2.05, 4.69) is 5.32 Å². The molecule has 4 N–H and O–H groups in total. The first-order chi connectivity index (χ1) is 7.79. The lowest BCUT2D eigenvalue weighted by Gasteiger charge is -2.13. The molecule has 0 bridgehead atoms. The zero-order valence-corrected chi connectivity index (χ0v) is 10.7. The van der Waals surface area contributed by atoms with E-state index in [1.165, 1.54) is 13.1 Å². The Labute approximate surface area is 100 Å². The molecule has 0 radical (unpaired) electrons. The van der Waals surface area contributed by atoms with Gasteiger partial charge >= 0.3 is 6.03 Å². The van der Waals surface area contributed by atoms with Gasteiger partial charge in [0.2, 0.25) is 0 Å². The van der Waals surface area contributed by atoms with Gasteiger partial charge < -0.3 is 11.1 Å². The van der Waals surface area contributed by atoms with Gasteiger partial charge in [-0.05, 0) is 31.0 Å². The summed E-state index contributed by atoms with van der Waals surface area (Å²) in [6.07, 6.45) is 0. The van der Waals surface area contributed by atoms with Crippen molar-refractivity contribution in [3.63, 3.8) is 0 Å². The van der Waals surface area contributed by atoms with Gasteiger partial charge in [0.1, 0.15) is 4.90 Å². The molecule has 0 aromatic heterocycles. The predicted octanol–water partition coefficient (Wildman–Crippen LogP) is 0.503. The quantitative estimate of drug-likeness (QED) is 0.671. The van der Waals surface area contributed by atoms with Gasteiger partial charge in [-0.15, -0.1) is 0 Å². The van der Waals surface area contributed by atoms with Crippen molar-refractivity contribution in [3.05, 3.63) is 23.3 Å². The fourth-order valence-corrected chi connectivity index (χ4v) is 2.78. The van der Waals surface area contributed by atoms with Gasteiger partial charge in [0.25, 0.3) is 10.0 Å². The van der Waals surface area contributed by atoms with Gasteiger partial charge in [-0.1, -0.05) is 6.07 Å². The average Bonchev–Trinajstić information content (AvgIpc) is 2.23. The Morgan fingerprint density at radius 2 is 1.88 bits per heavy atom. The highest BCUT2D eigenvalue weighted by Crippen LogP contribution is 2.24. The number of rotatable bonds is 2. The maximum absolute atomic E-state index is 11.9. The molecule has 7 heteroatoms. The second-order valence-electron chi connectivity index (χ2n) is 3.61. The van der Waals surface area contributed by atoms with Crippen molar-refractivity contribution in [2.45, 2.75) is 18.7 Å². The summed E-state index contributed by atoms with van der Waals surface area (Å²) < 4.78 is 25.8. The van der Waals surface area contributed by atoms with Crippen molar-refractivity contribution in [1.82, 2.24) is 10.0 Å². The number of nitrogens with one attached hydrogen (secondary N) is 2. The predicted molar refractivity (Wildman–Crippen MR) is 65.1 cm³/mol. The Hall–Kier alpha value is -1.76. The molecule has 0 aliphatic heterocycles. The van der Waals surface area contributed by atoms with Crippen LogP contribution in [0.1, 0.15) is 11.1 Å². The minimum Gasteiger partial charge on any atom is -0.398 e. The molecule has 0 aliphatic rings. The molecule has 0 heterocycles. The summed E-state index contributed by atoms with van der Waals surface area (Å²) >= 11 is 0. The first-order valence-electron chi connectivity index (χ1n) is 4.90. The Balaban J connectivity index is 3.34. The van der Waals surface area contributed by atoms with Gasteiger partial charge in [0.15, 0.2) is 0 Å². The highest BCUT2D eigenvalue weighted by atomic mass is 32.2. The molecule has 0 saturated heterocycles. The summed E-state index contributed by atoms with van der Waals surface area (Å²) in [6, 6.07) is 2.43. The third kappa shape index (κ3) is 2.68. The monoisotopic (exact) mass is 257 g/mol. The second-order valence-corrected chi connectivity index (χ2v) is 5.23. The number of hydrogen-bond acceptors (Lipinski definition) is 4. The molecule has 17 heavy (non-hydrogen) atoms. The van der Waals surface area contributed by atoms with Gasteiger partial charge in [-0.3, -0.25) is 0 Å². The Kier molecular flexibility index (Phi) is 3.62. The van der Waals surface area contributed by atoms with Gasteiger partial charge in [0, 0.05) is 7.05 Å². The largest absolute Gasteiger partial charge is 0.398 e. The van der Waals surface area contributed by atoms with Crippen LogP contribution in [0.4, 0.5) is 10.5 Å². The maximum Gasteiger partial charge on any atom is 0.328 e. The van der Waals surface area contributed by atoms with Crippen molar-refractivity contribution in [2.24, 2.45) is 0 Å². The molecule has 94 valence electrons. The van der Waals surface area contributed by atoms with Crippen LogP contribution >= 0.6 is 0 Å². The van der Waals surface area contributed by atoms with Crippen molar-refractivity contribution in [2.75, 3.05) is 12.8 Å². The van der Waals surface area contributed by atoms with E-state index in [1.54, 1.807) is 19.9 Å². The lowest BCUT2D eigenvalue weighted by Crippen LogP contribution is -2.38. The van der Waals surface area contributed by atoms with E-state index in [9.17, 15) is 13.2 Å². The summed E-state index contributed by atoms with van der Waals surface area (Å²) in [5.41, 5.74) is 7.08. The number of carbonyl (C=O) groups is 1. The van der Waals surface area contributed by atoms with Crippen LogP contribution in [0, 0.1) is 13.8 Å². The number of anilines is 1. The van der Waals surface area contributed by atoms with Crippen LogP contribution in [-0.2, 0) is 10.0 Å². The minimum absolute atomic E-state index is 0.0545. The van der Waals surface area contributed by atoms with Crippen LogP contribution < -0.4 is 15.8 Å². The molecule has 0 atom stereocenters. The molecular weight excluding hydrogens is 242 g/mol. The molecule has 1 aromatic rings. The van der Waals surface area contributed by atoms with Gasteiger partial charge in [0.05, 0.1) is 5.69 Å². The summed E-state index contributed by atoms with van der Waals surface area (Å²) in [5, 5.41) is 2.17. The number of nitrogen functional groups attached to an aromatic ring is 1. The molecule has 0 aliphatic carbocycles. The molecule has 0 spiro atoms. The highest BCUT2D eigenvalue weighted by molar-refractivity contribution is 7.90. The number of hydrogen-bond donors (Lipinski definition) is 3. The Morgan fingerprint density at radius 3 is 2.41 bits per heavy atom. The lowest BCUT2D eigenvalue weighted by atomic mass is 10.1. The average molecular weight is 257 g/mol. The molecular formula is C10H15N3O3S. The van der Waals surface area contributed by atoms with Crippen LogP contribution in [0.15, 0.2) is 17.0 Å². The molecule has 6 nitrogen and oxygen atoms in total. The minimum atomic E-state index is -3.94. The SMILES string of the molecule is CNC(=O)NS(=O)(=O)c1c(N)ccc(C)c1C. The van der Waals surface area contributed by atoms with E-state index in [0.29, 0.717) is 5.56 Å². The van der Waals surface area contributed by atoms with Gasteiger partial charge in [-0.2, -0.15) is 0 Å². The topological polar surface area (TPSA) is 101 Å². The third-order valence-electron chi connectivity index (χ3n) is 2.43. The fraction of sp³-hybridized carbons (Fsp3) is 0.300. The number of sulfonamides is 1. The normalized spacial score (nSPS) is 11.0. The number of amides is 2. The van der Waals surface area contributed by atoms with E-state index < -0.39 is 16.1 Å². The fourth-order valence-electron chi connectivity index (χ4n) is 1.39. The number of carbonyl (C=O) groups excluding carboxylic acids is 1. The van der Waals surface area contributed by atoms with E-state index in [0.717, 1.165) is 5.56 Å². The van der Waals surface area contributed by atoms with Crippen LogP contribution in [0.25, 0.3) is 0 Å². The van der Waals surface area contributed by atoms with E-state index in [1.807, 2.05) is 4.72 Å². The van der Waals surface area contributed by atoms with Crippen molar-refractivity contribution in [1.29, 1.82) is 0 Å². The lowest BCUT2D eigenvalue weighted by molar-refractivity contribution is 0.248. The number of nitrogens with two attached hydrogens (primary N) is 1. The standard InChI is InChI=1S/C10H15N3O3S/c1-6-4-5-8(11)9(7(6)2)17(15,16)13-10(14)12-3/h4-5H,11H2,1-3H3,(H2,12,13,14). The highest BCUT2D eigenvalue weighted by Gasteiger charge is 2.22. The smallest absolute Gasteiger partial charge is 0.328 e. The molecule has 1 aromatic carbocycles. The van der Waals surface area contributed by atoms with Crippen molar-refractivity contribution >= 4 is 21.7 Å². The number of benzene rings is 1. The zero-order chi connectivity index (χ0) is 13.2. The first-order valence-corrected chi connectivity index (χ1v) is 6.38. The Bertz CT molecular complexity index is 552. The van der Waals surface area contributed by atoms with E-state index in [4.69, 9.17) is 5.73 Å². The van der Waals surface area contributed by atoms with Gasteiger partial charge in [-0.25, -0.2) is 17.9 Å². The first kappa shape index (κ1) is 13.3. The molecule has 0 unspecified atom stereocenters. The molecule has 2 amide bonds. The van der Waals surface area contributed by atoms with Crippen molar-refractivity contribution < 1.29 is 13.2 Å². The van der Waals surface area contributed by atoms with E-state index in [-0.39, 0.29) is 10.6 Å².